The van der Waals surface area contributed by atoms with Crippen molar-refractivity contribution in [2.24, 2.45) is 4.40 Å². The number of oxazole rings is 1. The molecule has 0 aliphatic heterocycles. The van der Waals surface area contributed by atoms with E-state index in [1.165, 1.54) is 12.6 Å². The monoisotopic (exact) mass is 310 g/mol. The first-order valence-electron chi connectivity index (χ1n) is 6.03. The molecule has 0 saturated carbocycles. The summed E-state index contributed by atoms with van der Waals surface area (Å²) in [6.45, 7) is 5.59. The maximum atomic E-state index is 11.9. The van der Waals surface area contributed by atoms with Crippen LogP contribution in [0, 0.1) is 0 Å². The zero-order valence-corrected chi connectivity index (χ0v) is 13.0. The minimum Gasteiger partial charge on any atom is -0.443 e. The summed E-state index contributed by atoms with van der Waals surface area (Å²) >= 11 is 5.85. The van der Waals surface area contributed by atoms with Crippen molar-refractivity contribution in [2.75, 3.05) is 0 Å². The summed E-state index contributed by atoms with van der Waals surface area (Å²) in [5, 5.41) is 0.650. The molecule has 0 amide bonds. The normalized spacial score (nSPS) is 13.8. The molecule has 0 fully saturated rings. The van der Waals surface area contributed by atoms with Crippen LogP contribution in [0.4, 0.5) is 0 Å². The van der Waals surface area contributed by atoms with Gasteiger partial charge in [-0.05, 0) is 45.0 Å². The van der Waals surface area contributed by atoms with Gasteiger partial charge in [-0.15, -0.1) is 0 Å². The molecule has 0 aliphatic rings. The molecule has 0 aliphatic carbocycles. The minimum atomic E-state index is -1.32. The summed E-state index contributed by atoms with van der Waals surface area (Å²) in [5.41, 5.74) is 1.39. The molecule has 1 heterocycles. The van der Waals surface area contributed by atoms with Crippen LogP contribution in [-0.2, 0) is 11.0 Å². The van der Waals surface area contributed by atoms with Gasteiger partial charge in [-0.3, -0.25) is 0 Å². The summed E-state index contributed by atoms with van der Waals surface area (Å²) in [5.74, 6) is 0.580. The van der Waals surface area contributed by atoms with Crippen LogP contribution in [0.1, 0.15) is 26.5 Å². The van der Waals surface area contributed by atoms with Crippen LogP contribution in [0.2, 0.25) is 5.02 Å². The van der Waals surface area contributed by atoms with Gasteiger partial charge in [-0.1, -0.05) is 11.6 Å². The van der Waals surface area contributed by atoms with Gasteiger partial charge in [-0.25, -0.2) is 9.19 Å². The van der Waals surface area contributed by atoms with E-state index in [1.54, 1.807) is 12.1 Å². The molecule has 0 radical (unpaired) electrons. The van der Waals surface area contributed by atoms with Crippen LogP contribution in [-0.4, -0.2) is 20.2 Å². The Bertz CT molecular complexity index is 642. The summed E-state index contributed by atoms with van der Waals surface area (Å²) in [6, 6.07) is 7.21. The van der Waals surface area contributed by atoms with Crippen molar-refractivity contribution >= 4 is 28.8 Å². The predicted octanol–water partition coefficient (Wildman–Crippen LogP) is 3.88. The quantitative estimate of drug-likeness (QED) is 0.808. The van der Waals surface area contributed by atoms with Crippen LogP contribution in [0.25, 0.3) is 11.3 Å². The number of nitrogens with zero attached hydrogens (tertiary/aromatic N) is 2. The third kappa shape index (κ3) is 3.55. The molecule has 0 saturated heterocycles. The Labute approximate surface area is 125 Å². The van der Waals surface area contributed by atoms with Crippen LogP contribution < -0.4 is 0 Å². The van der Waals surface area contributed by atoms with Gasteiger partial charge in [0.25, 0.3) is 0 Å². The van der Waals surface area contributed by atoms with Crippen LogP contribution in [0.3, 0.4) is 0 Å². The van der Waals surface area contributed by atoms with E-state index in [2.05, 4.69) is 9.38 Å². The first-order chi connectivity index (χ1) is 9.38. The van der Waals surface area contributed by atoms with Gasteiger partial charge in [0, 0.05) is 10.6 Å². The maximum Gasteiger partial charge on any atom is 0.182 e. The number of hydrogen-bond acceptors (Lipinski definition) is 3. The highest BCUT2D eigenvalue weighted by atomic mass is 35.5. The molecule has 0 N–H and O–H groups in total. The molecule has 6 heteroatoms. The zero-order chi connectivity index (χ0) is 14.8. The average Bonchev–Trinajstić information content (AvgIpc) is 2.84. The van der Waals surface area contributed by atoms with Crippen molar-refractivity contribution in [3.05, 3.63) is 41.4 Å². The van der Waals surface area contributed by atoms with Gasteiger partial charge >= 0.3 is 0 Å². The second-order valence-corrected chi connectivity index (χ2v) is 7.54. The van der Waals surface area contributed by atoms with E-state index in [-0.39, 0.29) is 0 Å². The SMILES string of the molecule is CC(C)(C)[S@](=O)N=Cc1ncoc1-c1ccc(Cl)cc1. The average molecular weight is 311 g/mol. The number of rotatable bonds is 3. The lowest BCUT2D eigenvalue weighted by molar-refractivity contribution is 0.572. The molecule has 0 spiro atoms. The molecule has 20 heavy (non-hydrogen) atoms. The van der Waals surface area contributed by atoms with Gasteiger partial charge < -0.3 is 4.42 Å². The molecular weight excluding hydrogens is 296 g/mol. The Balaban J connectivity index is 2.28. The second kappa shape index (κ2) is 5.89. The zero-order valence-electron chi connectivity index (χ0n) is 11.5. The van der Waals surface area contributed by atoms with Gasteiger partial charge in [0.2, 0.25) is 0 Å². The third-order valence-electron chi connectivity index (χ3n) is 2.50. The van der Waals surface area contributed by atoms with Crippen molar-refractivity contribution in [2.45, 2.75) is 25.5 Å². The lowest BCUT2D eigenvalue weighted by Gasteiger charge is -2.12. The summed E-state index contributed by atoms with van der Waals surface area (Å²) < 4.78 is 20.9. The summed E-state index contributed by atoms with van der Waals surface area (Å²) in [6.07, 6.45) is 2.82. The Kier molecular flexibility index (Phi) is 4.40. The summed E-state index contributed by atoms with van der Waals surface area (Å²) in [7, 11) is -1.32. The van der Waals surface area contributed by atoms with Crippen molar-refractivity contribution < 1.29 is 8.63 Å². The van der Waals surface area contributed by atoms with E-state index >= 15 is 0 Å². The van der Waals surface area contributed by atoms with Crippen LogP contribution >= 0.6 is 11.6 Å². The fourth-order valence-electron chi connectivity index (χ4n) is 1.42. The number of halogens is 1. The molecule has 0 unspecified atom stereocenters. The largest absolute Gasteiger partial charge is 0.443 e. The second-order valence-electron chi connectivity index (χ2n) is 5.17. The van der Waals surface area contributed by atoms with Crippen molar-refractivity contribution in [3.8, 4) is 11.3 Å². The number of aromatic nitrogens is 1. The van der Waals surface area contributed by atoms with Gasteiger partial charge in [0.05, 0.1) is 11.0 Å². The van der Waals surface area contributed by atoms with Gasteiger partial charge in [0.1, 0.15) is 16.7 Å². The van der Waals surface area contributed by atoms with Crippen molar-refractivity contribution in [1.82, 2.24) is 4.98 Å². The van der Waals surface area contributed by atoms with Gasteiger partial charge in [0.15, 0.2) is 12.2 Å². The molecule has 1 aromatic heterocycles. The predicted molar refractivity (Wildman–Crippen MR) is 82.4 cm³/mol. The van der Waals surface area contributed by atoms with E-state index in [4.69, 9.17) is 16.0 Å². The van der Waals surface area contributed by atoms with E-state index in [1.807, 2.05) is 32.9 Å². The highest BCUT2D eigenvalue weighted by Gasteiger charge is 2.18. The summed E-state index contributed by atoms with van der Waals surface area (Å²) in [4.78, 5) is 4.09. The lowest BCUT2D eigenvalue weighted by atomic mass is 10.1. The first-order valence-corrected chi connectivity index (χ1v) is 7.52. The Morgan fingerprint density at radius 2 is 1.95 bits per heavy atom. The number of hydrogen-bond donors (Lipinski definition) is 0. The fraction of sp³-hybridized carbons (Fsp3) is 0.286. The highest BCUT2D eigenvalue weighted by molar-refractivity contribution is 7.85. The first kappa shape index (κ1) is 14.9. The Morgan fingerprint density at radius 1 is 1.30 bits per heavy atom. The Hall–Kier alpha value is -1.46. The minimum absolute atomic E-state index is 0.402. The number of benzene rings is 1. The molecule has 4 nitrogen and oxygen atoms in total. The molecule has 106 valence electrons. The van der Waals surface area contributed by atoms with Crippen LogP contribution in [0.15, 0.2) is 39.5 Å². The van der Waals surface area contributed by atoms with Crippen molar-refractivity contribution in [3.63, 3.8) is 0 Å². The van der Waals surface area contributed by atoms with Gasteiger partial charge in [-0.2, -0.15) is 4.40 Å². The van der Waals surface area contributed by atoms with Crippen molar-refractivity contribution in [1.29, 1.82) is 0 Å². The molecular formula is C14H15ClN2O2S. The van der Waals surface area contributed by atoms with E-state index in [9.17, 15) is 4.21 Å². The fourth-order valence-corrected chi connectivity index (χ4v) is 2.06. The highest BCUT2D eigenvalue weighted by Crippen LogP contribution is 2.24. The Morgan fingerprint density at radius 3 is 2.55 bits per heavy atom. The topological polar surface area (TPSA) is 55.5 Å². The standard InChI is InChI=1S/C14H15ClN2O2S/c1-14(2,3)20(18)17-8-12-13(19-9-16-12)10-4-6-11(15)7-5-10/h4-9H,1-3H3/t20-/m0/s1. The molecule has 0 bridgehead atoms. The van der Waals surface area contributed by atoms with E-state index < -0.39 is 15.7 Å². The lowest BCUT2D eigenvalue weighted by Crippen LogP contribution is -2.19. The molecule has 1 atom stereocenters. The smallest absolute Gasteiger partial charge is 0.182 e. The van der Waals surface area contributed by atoms with E-state index in [0.717, 1.165) is 5.56 Å². The molecule has 1 aromatic carbocycles. The molecule has 2 rings (SSSR count). The maximum absolute atomic E-state index is 11.9. The van der Waals surface area contributed by atoms with Crippen LogP contribution in [0.5, 0.6) is 0 Å². The third-order valence-corrected chi connectivity index (χ3v) is 4.09. The molecule has 2 aromatic rings. The van der Waals surface area contributed by atoms with E-state index in [0.29, 0.717) is 16.5 Å².